The van der Waals surface area contributed by atoms with Crippen molar-refractivity contribution in [1.82, 2.24) is 0 Å². The van der Waals surface area contributed by atoms with Crippen molar-refractivity contribution < 1.29 is 80.2 Å². The van der Waals surface area contributed by atoms with E-state index in [-0.39, 0.29) is 25.7 Å². The van der Waals surface area contributed by atoms with E-state index in [4.69, 9.17) is 37.0 Å². The lowest BCUT2D eigenvalue weighted by atomic mass is 10.0. The molecule has 0 saturated carbocycles. The van der Waals surface area contributed by atoms with E-state index in [9.17, 15) is 43.2 Å². The molecule has 3 N–H and O–H groups in total. The second-order valence-electron chi connectivity index (χ2n) is 31.4. The standard InChI is InChI=1S/C86H168O17P2/c1-6-9-12-15-18-21-23-25-27-29-31-32-33-34-36-38-43-47-51-56-61-66-71-86(91)103-82(76-97-84(89)70-65-60-55-50-46-42-37-35-30-28-26-24-22-19-16-13-10-7-2)78-101-105(94,95)99-74-80(87)73-98-104(92,93)100-77-81(75-96-83(88)69-64-59-54-20-17-14-11-8-3)102-85(90)72-67-62-57-52-48-44-40-39-41-45-49-53-58-63-68-79(4)5/h79-82,87H,6-78H2,1-5H3,(H,92,93)(H,94,95)/t80-,81+,82+/m0/s1. The van der Waals surface area contributed by atoms with Gasteiger partial charge in [0.2, 0.25) is 0 Å². The van der Waals surface area contributed by atoms with Gasteiger partial charge in [-0.1, -0.05) is 413 Å². The third kappa shape index (κ3) is 79.9. The van der Waals surface area contributed by atoms with Crippen LogP contribution in [0.5, 0.6) is 0 Å². The van der Waals surface area contributed by atoms with Crippen molar-refractivity contribution in [2.75, 3.05) is 39.6 Å². The molecule has 0 spiro atoms. The highest BCUT2D eigenvalue weighted by atomic mass is 31.2. The first-order chi connectivity index (χ1) is 51.0. The number of carbonyl (C=O) groups excluding carboxylic acids is 4. The molecule has 624 valence electrons. The largest absolute Gasteiger partial charge is 0.472 e. The number of aliphatic hydroxyl groups excluding tert-OH is 1. The highest BCUT2D eigenvalue weighted by molar-refractivity contribution is 7.47. The maximum atomic E-state index is 13.1. The molecule has 0 aliphatic rings. The Hall–Kier alpha value is -1.94. The molecule has 0 aromatic rings. The fraction of sp³-hybridized carbons (Fsp3) is 0.953. The minimum Gasteiger partial charge on any atom is -0.462 e. The number of rotatable bonds is 86. The Labute approximate surface area is 645 Å². The number of hydrogen-bond acceptors (Lipinski definition) is 15. The van der Waals surface area contributed by atoms with Gasteiger partial charge in [0.05, 0.1) is 26.4 Å². The van der Waals surface area contributed by atoms with Crippen molar-refractivity contribution in [3.05, 3.63) is 0 Å². The number of phosphoric acid groups is 2. The van der Waals surface area contributed by atoms with Gasteiger partial charge in [-0.15, -0.1) is 0 Å². The van der Waals surface area contributed by atoms with Gasteiger partial charge >= 0.3 is 39.5 Å². The molecule has 0 aliphatic carbocycles. The summed E-state index contributed by atoms with van der Waals surface area (Å²) in [6.45, 7) is 7.35. The summed E-state index contributed by atoms with van der Waals surface area (Å²) in [7, 11) is -9.92. The number of esters is 4. The van der Waals surface area contributed by atoms with Crippen LogP contribution in [0.15, 0.2) is 0 Å². The SMILES string of the molecule is CCCCCCCCCCCCCCCCCCCCCCCCC(=O)O[C@H](COC(=O)CCCCCCCCCCCCCCCCCCCC)COP(=O)(O)OC[C@@H](O)COP(=O)(O)OC[C@@H](COC(=O)CCCCCCCCCC)OC(=O)CCCCCCCCCCCCCCCCC(C)C. The molecule has 105 heavy (non-hydrogen) atoms. The highest BCUT2D eigenvalue weighted by Gasteiger charge is 2.30. The number of hydrogen-bond donors (Lipinski definition) is 3. The van der Waals surface area contributed by atoms with Gasteiger partial charge in [-0.05, 0) is 31.6 Å². The Morgan fingerprint density at radius 3 is 0.648 bits per heavy atom. The van der Waals surface area contributed by atoms with Crippen molar-refractivity contribution >= 4 is 39.5 Å². The maximum Gasteiger partial charge on any atom is 0.472 e. The zero-order chi connectivity index (χ0) is 76.9. The molecule has 0 aromatic carbocycles. The molecule has 0 fully saturated rings. The van der Waals surface area contributed by atoms with E-state index >= 15 is 0 Å². The number of phosphoric ester groups is 2. The molecular weight excluding hydrogens is 1370 g/mol. The summed E-state index contributed by atoms with van der Waals surface area (Å²) >= 11 is 0. The molecular formula is C86H168O17P2. The monoisotopic (exact) mass is 1540 g/mol. The van der Waals surface area contributed by atoms with E-state index in [0.717, 1.165) is 102 Å². The Morgan fingerprint density at radius 1 is 0.257 bits per heavy atom. The molecule has 0 bridgehead atoms. The molecule has 19 heteroatoms. The third-order valence-corrected chi connectivity index (χ3v) is 22.2. The first kappa shape index (κ1) is 103. The Balaban J connectivity index is 5.18. The van der Waals surface area contributed by atoms with Crippen molar-refractivity contribution in [3.63, 3.8) is 0 Å². The van der Waals surface area contributed by atoms with Gasteiger partial charge in [-0.25, -0.2) is 9.13 Å². The second kappa shape index (κ2) is 78.7. The van der Waals surface area contributed by atoms with E-state index < -0.39 is 97.5 Å². The number of aliphatic hydroxyl groups is 1. The van der Waals surface area contributed by atoms with Crippen LogP contribution in [0.1, 0.15) is 465 Å². The molecule has 0 amide bonds. The predicted molar refractivity (Wildman–Crippen MR) is 432 cm³/mol. The van der Waals surface area contributed by atoms with E-state index in [1.807, 2.05) is 0 Å². The van der Waals surface area contributed by atoms with Crippen LogP contribution in [-0.2, 0) is 65.4 Å². The lowest BCUT2D eigenvalue weighted by Gasteiger charge is -2.21. The van der Waals surface area contributed by atoms with Gasteiger partial charge in [-0.3, -0.25) is 37.3 Å². The fourth-order valence-electron chi connectivity index (χ4n) is 13.5. The smallest absolute Gasteiger partial charge is 0.462 e. The molecule has 2 unspecified atom stereocenters. The van der Waals surface area contributed by atoms with Crippen molar-refractivity contribution in [1.29, 1.82) is 0 Å². The lowest BCUT2D eigenvalue weighted by Crippen LogP contribution is -2.30. The third-order valence-electron chi connectivity index (χ3n) is 20.3. The first-order valence-corrected chi connectivity index (χ1v) is 47.6. The van der Waals surface area contributed by atoms with E-state index in [1.54, 1.807) is 0 Å². The molecule has 5 atom stereocenters. The second-order valence-corrected chi connectivity index (χ2v) is 34.3. The summed E-state index contributed by atoms with van der Waals surface area (Å²) in [6, 6.07) is 0. The minimum absolute atomic E-state index is 0.108. The van der Waals surface area contributed by atoms with Gasteiger partial charge in [0.1, 0.15) is 19.3 Å². The highest BCUT2D eigenvalue weighted by Crippen LogP contribution is 2.45. The Bertz CT molecular complexity index is 2000. The summed E-state index contributed by atoms with van der Waals surface area (Å²) in [5, 5.41) is 10.7. The number of unbranched alkanes of at least 4 members (excludes halogenated alkanes) is 58. The van der Waals surface area contributed by atoms with E-state index in [1.165, 1.54) is 283 Å². The van der Waals surface area contributed by atoms with Gasteiger partial charge in [-0.2, -0.15) is 0 Å². The van der Waals surface area contributed by atoms with E-state index in [0.29, 0.717) is 25.7 Å². The molecule has 0 heterocycles. The number of ether oxygens (including phenoxy) is 4. The minimum atomic E-state index is -4.96. The molecule has 0 aromatic heterocycles. The van der Waals surface area contributed by atoms with Crippen molar-refractivity contribution in [2.24, 2.45) is 5.92 Å². The summed E-state index contributed by atoms with van der Waals surface area (Å²) in [6.07, 6.45) is 72.4. The Kier molecular flexibility index (Phi) is 77.3. The van der Waals surface area contributed by atoms with Gasteiger partial charge in [0, 0.05) is 25.7 Å². The first-order valence-electron chi connectivity index (χ1n) is 44.6. The predicted octanol–water partition coefficient (Wildman–Crippen LogP) is 26.4. The summed E-state index contributed by atoms with van der Waals surface area (Å²) in [5.74, 6) is -1.31. The van der Waals surface area contributed by atoms with Crippen LogP contribution in [0.25, 0.3) is 0 Å². The lowest BCUT2D eigenvalue weighted by molar-refractivity contribution is -0.161. The van der Waals surface area contributed by atoms with Gasteiger partial charge in [0.25, 0.3) is 0 Å². The van der Waals surface area contributed by atoms with Crippen LogP contribution in [0.4, 0.5) is 0 Å². The molecule has 17 nitrogen and oxygen atoms in total. The molecule has 0 saturated heterocycles. The van der Waals surface area contributed by atoms with Gasteiger partial charge < -0.3 is 33.8 Å². The summed E-state index contributed by atoms with van der Waals surface area (Å²) in [5.41, 5.74) is 0. The fourth-order valence-corrected chi connectivity index (χ4v) is 15.1. The average Bonchev–Trinajstić information content (AvgIpc) is 0.927. The van der Waals surface area contributed by atoms with Crippen molar-refractivity contribution in [3.8, 4) is 0 Å². The van der Waals surface area contributed by atoms with Crippen LogP contribution in [-0.4, -0.2) is 96.7 Å². The normalized spacial score (nSPS) is 13.8. The quantitative estimate of drug-likeness (QED) is 0.0222. The van der Waals surface area contributed by atoms with Crippen LogP contribution < -0.4 is 0 Å². The Morgan fingerprint density at radius 2 is 0.438 bits per heavy atom. The summed E-state index contributed by atoms with van der Waals surface area (Å²) < 4.78 is 68.8. The number of carbonyl (C=O) groups is 4. The zero-order valence-electron chi connectivity index (χ0n) is 68.9. The van der Waals surface area contributed by atoms with E-state index in [2.05, 4.69) is 34.6 Å². The van der Waals surface area contributed by atoms with Crippen LogP contribution in [0, 0.1) is 5.92 Å². The summed E-state index contributed by atoms with van der Waals surface area (Å²) in [4.78, 5) is 73.1. The molecule has 0 aliphatic heterocycles. The maximum absolute atomic E-state index is 13.1. The van der Waals surface area contributed by atoms with Crippen LogP contribution >= 0.6 is 15.6 Å². The zero-order valence-corrected chi connectivity index (χ0v) is 70.7. The van der Waals surface area contributed by atoms with Gasteiger partial charge in [0.15, 0.2) is 12.2 Å². The van der Waals surface area contributed by atoms with Crippen LogP contribution in [0.3, 0.4) is 0 Å². The molecule has 0 radical (unpaired) electrons. The average molecular weight is 1540 g/mol. The topological polar surface area (TPSA) is 237 Å². The van der Waals surface area contributed by atoms with Crippen molar-refractivity contribution in [2.45, 2.75) is 483 Å². The molecule has 0 rings (SSSR count). The van der Waals surface area contributed by atoms with Crippen LogP contribution in [0.2, 0.25) is 0 Å².